The third-order valence-electron chi connectivity index (χ3n) is 6.49. The second kappa shape index (κ2) is 9.30. The van der Waals surface area contributed by atoms with Gasteiger partial charge in [0.2, 0.25) is 0 Å². The standard InChI is InChI=1S/C27H19Cl2F3N2O2/c28-17-11-9-15(10-12-17)16-13-21-24(23(35)14-16)25(18-5-1-2-6-19(18)29)34(26(36)27(30,31)32)22-8-4-3-7-20(22)33-21/h1-12,16,25,33H,13-14H2/t16-,25-/m0/s1. The summed E-state index contributed by atoms with van der Waals surface area (Å²) in [5.41, 5.74) is 1.98. The van der Waals surface area contributed by atoms with Gasteiger partial charge in [0.25, 0.3) is 0 Å². The molecule has 1 aliphatic heterocycles. The van der Waals surface area contributed by atoms with Gasteiger partial charge in [-0.1, -0.05) is 65.7 Å². The first-order valence-electron chi connectivity index (χ1n) is 11.2. The first kappa shape index (κ1) is 24.4. The van der Waals surface area contributed by atoms with Crippen molar-refractivity contribution in [3.05, 3.63) is 105 Å². The maximum absolute atomic E-state index is 13.9. The number of hydrogen-bond acceptors (Lipinski definition) is 3. The minimum atomic E-state index is -5.18. The van der Waals surface area contributed by atoms with Crippen molar-refractivity contribution in [2.75, 3.05) is 10.2 Å². The van der Waals surface area contributed by atoms with E-state index in [1.54, 1.807) is 48.5 Å². The molecular formula is C27H19Cl2F3N2O2. The summed E-state index contributed by atoms with van der Waals surface area (Å²) in [4.78, 5) is 27.3. The zero-order valence-corrected chi connectivity index (χ0v) is 20.2. The van der Waals surface area contributed by atoms with E-state index in [4.69, 9.17) is 23.2 Å². The highest BCUT2D eigenvalue weighted by atomic mass is 35.5. The number of Topliss-reactive ketones (excluding diaryl/α,β-unsaturated/α-hetero) is 1. The summed E-state index contributed by atoms with van der Waals surface area (Å²) >= 11 is 12.5. The predicted octanol–water partition coefficient (Wildman–Crippen LogP) is 7.46. The molecule has 3 aromatic carbocycles. The maximum Gasteiger partial charge on any atom is 0.471 e. The highest BCUT2D eigenvalue weighted by molar-refractivity contribution is 6.31. The summed E-state index contributed by atoms with van der Waals surface area (Å²) < 4.78 is 41.8. The number of hydrogen-bond donors (Lipinski definition) is 1. The number of halogens is 5. The number of fused-ring (bicyclic) bond motifs is 1. The summed E-state index contributed by atoms with van der Waals surface area (Å²) in [6.07, 6.45) is -4.76. The van der Waals surface area contributed by atoms with E-state index in [2.05, 4.69) is 5.32 Å². The Morgan fingerprint density at radius 1 is 0.917 bits per heavy atom. The predicted molar refractivity (Wildman–Crippen MR) is 133 cm³/mol. The van der Waals surface area contributed by atoms with Crippen LogP contribution in [0.1, 0.15) is 35.9 Å². The van der Waals surface area contributed by atoms with Gasteiger partial charge >= 0.3 is 12.1 Å². The number of amides is 1. The summed E-state index contributed by atoms with van der Waals surface area (Å²) in [5.74, 6) is -2.66. The average Bonchev–Trinajstić information content (AvgIpc) is 2.98. The van der Waals surface area contributed by atoms with Crippen molar-refractivity contribution in [1.29, 1.82) is 0 Å². The minimum Gasteiger partial charge on any atom is -0.357 e. The first-order chi connectivity index (χ1) is 17.1. The Morgan fingerprint density at radius 2 is 1.58 bits per heavy atom. The van der Waals surface area contributed by atoms with E-state index in [9.17, 15) is 22.8 Å². The molecule has 0 bridgehead atoms. The van der Waals surface area contributed by atoms with Gasteiger partial charge < -0.3 is 5.32 Å². The van der Waals surface area contributed by atoms with Crippen LogP contribution in [-0.2, 0) is 9.59 Å². The number of allylic oxidation sites excluding steroid dienone is 1. The highest BCUT2D eigenvalue weighted by Crippen LogP contribution is 2.49. The lowest BCUT2D eigenvalue weighted by Gasteiger charge is -2.35. The van der Waals surface area contributed by atoms with Crippen molar-refractivity contribution < 1.29 is 22.8 Å². The van der Waals surface area contributed by atoms with Crippen molar-refractivity contribution >= 4 is 46.3 Å². The molecule has 3 aromatic rings. The molecule has 1 heterocycles. The Labute approximate surface area is 215 Å². The molecule has 0 unspecified atom stereocenters. The monoisotopic (exact) mass is 530 g/mol. The van der Waals surface area contributed by atoms with Gasteiger partial charge in [0.1, 0.15) is 0 Å². The number of anilines is 2. The topological polar surface area (TPSA) is 49.4 Å². The number of ketones is 1. The molecule has 1 aliphatic carbocycles. The summed E-state index contributed by atoms with van der Waals surface area (Å²) in [6, 6.07) is 18.3. The Kier molecular flexibility index (Phi) is 6.30. The molecule has 2 atom stereocenters. The number of nitrogens with one attached hydrogen (secondary N) is 1. The quantitative estimate of drug-likeness (QED) is 0.374. The SMILES string of the molecule is O=C1C[C@@H](c2ccc(Cl)cc2)CC2=C1[C@H](c1ccccc1Cl)N(C(=O)C(F)(F)F)c1ccccc1N2. The van der Waals surface area contributed by atoms with Crippen molar-refractivity contribution in [1.82, 2.24) is 0 Å². The van der Waals surface area contributed by atoms with Gasteiger partial charge in [-0.2, -0.15) is 13.2 Å². The van der Waals surface area contributed by atoms with Crippen molar-refractivity contribution in [2.24, 2.45) is 0 Å². The number of alkyl halides is 3. The van der Waals surface area contributed by atoms with E-state index in [1.807, 2.05) is 12.1 Å². The highest BCUT2D eigenvalue weighted by Gasteiger charge is 2.50. The van der Waals surface area contributed by atoms with Crippen LogP contribution in [0.15, 0.2) is 84.1 Å². The minimum absolute atomic E-state index is 0.00925. The largest absolute Gasteiger partial charge is 0.471 e. The molecule has 0 radical (unpaired) electrons. The van der Waals surface area contributed by atoms with Gasteiger partial charge in [0.05, 0.1) is 17.4 Å². The van der Waals surface area contributed by atoms with Crippen LogP contribution in [0.3, 0.4) is 0 Å². The molecule has 0 saturated heterocycles. The molecule has 0 saturated carbocycles. The van der Waals surface area contributed by atoms with E-state index in [0.717, 1.165) is 5.56 Å². The van der Waals surface area contributed by atoms with Gasteiger partial charge in [-0.15, -0.1) is 0 Å². The van der Waals surface area contributed by atoms with Crippen LogP contribution in [0, 0.1) is 0 Å². The third kappa shape index (κ3) is 4.38. The summed E-state index contributed by atoms with van der Waals surface area (Å²) in [7, 11) is 0. The van der Waals surface area contributed by atoms with E-state index < -0.39 is 18.1 Å². The van der Waals surface area contributed by atoms with Crippen LogP contribution in [0.4, 0.5) is 24.5 Å². The lowest BCUT2D eigenvalue weighted by atomic mass is 9.78. The lowest BCUT2D eigenvalue weighted by molar-refractivity contribution is -0.170. The van der Waals surface area contributed by atoms with Gasteiger partial charge in [-0.25, -0.2) is 0 Å². The first-order valence-corrected chi connectivity index (χ1v) is 11.9. The molecule has 0 aromatic heterocycles. The number of rotatable bonds is 2. The summed E-state index contributed by atoms with van der Waals surface area (Å²) in [6.45, 7) is 0. The summed E-state index contributed by atoms with van der Waals surface area (Å²) in [5, 5.41) is 3.90. The number of nitrogens with zero attached hydrogens (tertiary/aromatic N) is 1. The fourth-order valence-electron chi connectivity index (χ4n) is 4.91. The van der Waals surface area contributed by atoms with Crippen LogP contribution in [0.5, 0.6) is 0 Å². The van der Waals surface area contributed by atoms with Crippen LogP contribution >= 0.6 is 23.2 Å². The molecule has 0 fully saturated rings. The van der Waals surface area contributed by atoms with Crippen LogP contribution in [0.25, 0.3) is 0 Å². The van der Waals surface area contributed by atoms with E-state index >= 15 is 0 Å². The van der Waals surface area contributed by atoms with E-state index in [-0.39, 0.29) is 40.0 Å². The van der Waals surface area contributed by atoms with Gasteiger partial charge in [0.15, 0.2) is 5.78 Å². The van der Waals surface area contributed by atoms with Crippen molar-refractivity contribution in [3.63, 3.8) is 0 Å². The van der Waals surface area contributed by atoms with Crippen LogP contribution < -0.4 is 10.2 Å². The molecule has 1 amide bonds. The molecule has 9 heteroatoms. The molecule has 1 N–H and O–H groups in total. The Balaban J connectivity index is 1.74. The van der Waals surface area contributed by atoms with Crippen LogP contribution in [0.2, 0.25) is 10.0 Å². The molecule has 0 spiro atoms. The van der Waals surface area contributed by atoms with Gasteiger partial charge in [-0.3, -0.25) is 14.5 Å². The molecular weight excluding hydrogens is 512 g/mol. The maximum atomic E-state index is 13.9. The second-order valence-corrected chi connectivity index (χ2v) is 9.55. The number of para-hydroxylation sites is 2. The fourth-order valence-corrected chi connectivity index (χ4v) is 5.28. The Bertz CT molecular complexity index is 1390. The molecule has 5 rings (SSSR count). The van der Waals surface area contributed by atoms with Gasteiger partial charge in [-0.05, 0) is 53.8 Å². The lowest BCUT2D eigenvalue weighted by Crippen LogP contribution is -2.45. The molecule has 4 nitrogen and oxygen atoms in total. The van der Waals surface area contributed by atoms with Gasteiger partial charge in [0, 0.05) is 27.7 Å². The zero-order chi connectivity index (χ0) is 25.6. The number of carbonyl (C=O) groups excluding carboxylic acids is 2. The Hall–Kier alpha value is -3.29. The molecule has 36 heavy (non-hydrogen) atoms. The smallest absolute Gasteiger partial charge is 0.357 e. The fraction of sp³-hybridized carbons (Fsp3) is 0.185. The third-order valence-corrected chi connectivity index (χ3v) is 7.09. The zero-order valence-electron chi connectivity index (χ0n) is 18.7. The molecule has 184 valence electrons. The normalized spacial score (nSPS) is 19.8. The second-order valence-electron chi connectivity index (χ2n) is 8.71. The number of benzene rings is 3. The van der Waals surface area contributed by atoms with Crippen molar-refractivity contribution in [3.8, 4) is 0 Å². The average molecular weight is 531 g/mol. The molecule has 2 aliphatic rings. The Morgan fingerprint density at radius 3 is 2.28 bits per heavy atom. The van der Waals surface area contributed by atoms with E-state index in [1.165, 1.54) is 12.1 Å². The van der Waals surface area contributed by atoms with E-state index in [0.29, 0.717) is 27.7 Å². The van der Waals surface area contributed by atoms with Crippen LogP contribution in [-0.4, -0.2) is 17.9 Å². The number of carbonyl (C=O) groups is 2. The van der Waals surface area contributed by atoms with Crippen molar-refractivity contribution in [2.45, 2.75) is 31.0 Å².